The molecular weight excluding hydrogens is 466 g/mol. The third-order valence-electron chi connectivity index (χ3n) is 4.99. The predicted molar refractivity (Wildman–Crippen MR) is 121 cm³/mol. The Kier molecular flexibility index (Phi) is 5.97. The van der Waals surface area contributed by atoms with Gasteiger partial charge in [0.1, 0.15) is 11.6 Å². The van der Waals surface area contributed by atoms with Gasteiger partial charge in [0.05, 0.1) is 12.7 Å². The van der Waals surface area contributed by atoms with Gasteiger partial charge in [0.2, 0.25) is 5.91 Å². The second kappa shape index (κ2) is 8.65. The van der Waals surface area contributed by atoms with Crippen molar-refractivity contribution >= 4 is 39.4 Å². The molecule has 30 heavy (non-hydrogen) atoms. The lowest BCUT2D eigenvalue weighted by molar-refractivity contribution is -0.116. The van der Waals surface area contributed by atoms with Gasteiger partial charge in [-0.05, 0) is 30.7 Å². The van der Waals surface area contributed by atoms with Gasteiger partial charge in [-0.3, -0.25) is 9.59 Å². The van der Waals surface area contributed by atoms with Crippen molar-refractivity contribution in [3.8, 4) is 5.75 Å². The number of halogens is 1. The van der Waals surface area contributed by atoms with E-state index in [0.717, 1.165) is 15.6 Å². The summed E-state index contributed by atoms with van der Waals surface area (Å²) in [5, 5.41) is 3.24. The van der Waals surface area contributed by atoms with E-state index < -0.39 is 5.92 Å². The molecule has 0 saturated carbocycles. The zero-order valence-electron chi connectivity index (χ0n) is 16.5. The van der Waals surface area contributed by atoms with Crippen LogP contribution in [0.4, 0.5) is 5.82 Å². The fourth-order valence-electron chi connectivity index (χ4n) is 3.50. The first kappa shape index (κ1) is 20.7. The first-order valence-electron chi connectivity index (χ1n) is 9.40. The Bertz CT molecular complexity index is 1160. The number of methoxy groups -OCH3 is 1. The van der Waals surface area contributed by atoms with Gasteiger partial charge in [-0.25, -0.2) is 4.98 Å². The second-order valence-corrected chi connectivity index (χ2v) is 8.98. The molecule has 8 heteroatoms. The number of anilines is 1. The first-order chi connectivity index (χ1) is 14.4. The number of amides is 1. The average molecular weight is 486 g/mol. The molecule has 0 aliphatic carbocycles. The second-order valence-electron chi connectivity index (χ2n) is 7.10. The van der Waals surface area contributed by atoms with Crippen molar-refractivity contribution < 1.29 is 9.53 Å². The maximum Gasteiger partial charge on any atom is 0.257 e. The number of nitrogens with zero attached hydrogens (tertiary/aromatic N) is 1. The SMILES string of the molecule is COc1ccc(Br)cc1C1CC(=O)Nc2nc(SCc3ccc(C)cc3)[nH]c(=O)c21. The van der Waals surface area contributed by atoms with E-state index in [0.29, 0.717) is 28.0 Å². The Hall–Kier alpha value is -2.58. The molecule has 0 spiro atoms. The number of rotatable bonds is 5. The van der Waals surface area contributed by atoms with Crippen LogP contribution in [-0.2, 0) is 10.5 Å². The molecule has 1 aliphatic rings. The van der Waals surface area contributed by atoms with Crippen LogP contribution in [0.2, 0.25) is 0 Å². The van der Waals surface area contributed by atoms with Crippen LogP contribution in [0.5, 0.6) is 5.75 Å². The Labute approximate surface area is 186 Å². The van der Waals surface area contributed by atoms with E-state index >= 15 is 0 Å². The highest BCUT2D eigenvalue weighted by atomic mass is 79.9. The molecule has 2 aromatic carbocycles. The number of hydrogen-bond donors (Lipinski definition) is 2. The molecule has 0 saturated heterocycles. The summed E-state index contributed by atoms with van der Waals surface area (Å²) in [5.74, 6) is 0.990. The summed E-state index contributed by atoms with van der Waals surface area (Å²) < 4.78 is 6.32. The third-order valence-corrected chi connectivity index (χ3v) is 6.43. The monoisotopic (exact) mass is 485 g/mol. The van der Waals surface area contributed by atoms with Gasteiger partial charge < -0.3 is 15.0 Å². The fraction of sp³-hybridized carbons (Fsp3) is 0.227. The third kappa shape index (κ3) is 4.29. The quantitative estimate of drug-likeness (QED) is 0.406. The van der Waals surface area contributed by atoms with Gasteiger partial charge in [0.25, 0.3) is 5.56 Å². The molecule has 1 unspecified atom stereocenters. The molecule has 2 heterocycles. The highest BCUT2D eigenvalue weighted by molar-refractivity contribution is 9.10. The molecule has 3 aromatic rings. The van der Waals surface area contributed by atoms with Crippen LogP contribution in [0, 0.1) is 6.92 Å². The lowest BCUT2D eigenvalue weighted by atomic mass is 9.86. The van der Waals surface area contributed by atoms with Gasteiger partial charge in [-0.1, -0.05) is 57.5 Å². The van der Waals surface area contributed by atoms with Crippen LogP contribution in [0.25, 0.3) is 0 Å². The van der Waals surface area contributed by atoms with Gasteiger partial charge >= 0.3 is 0 Å². The number of ether oxygens (including phenoxy) is 1. The molecule has 1 aromatic heterocycles. The van der Waals surface area contributed by atoms with Crippen LogP contribution >= 0.6 is 27.7 Å². The van der Waals surface area contributed by atoms with E-state index in [-0.39, 0.29) is 17.9 Å². The molecular formula is C22H20BrN3O3S. The van der Waals surface area contributed by atoms with Crippen LogP contribution < -0.4 is 15.6 Å². The summed E-state index contributed by atoms with van der Waals surface area (Å²) in [5.41, 5.74) is 3.30. The lowest BCUT2D eigenvalue weighted by Gasteiger charge is -2.25. The molecule has 154 valence electrons. The standard InChI is InChI=1S/C22H20BrN3O3S/c1-12-3-5-13(6-4-12)11-30-22-25-20-19(21(28)26-22)16(10-18(27)24-20)15-9-14(23)7-8-17(15)29-2/h3-9,16H,10-11H2,1-2H3,(H2,24,25,26,27,28). The van der Waals surface area contributed by atoms with Crippen molar-refractivity contribution in [1.29, 1.82) is 0 Å². The highest BCUT2D eigenvalue weighted by Gasteiger charge is 2.32. The zero-order chi connectivity index (χ0) is 21.3. The Morgan fingerprint density at radius 2 is 1.97 bits per heavy atom. The first-order valence-corrected chi connectivity index (χ1v) is 11.2. The van der Waals surface area contributed by atoms with Crippen molar-refractivity contribution in [1.82, 2.24) is 9.97 Å². The zero-order valence-corrected chi connectivity index (χ0v) is 18.9. The molecule has 2 N–H and O–H groups in total. The Morgan fingerprint density at radius 3 is 2.70 bits per heavy atom. The number of hydrogen-bond acceptors (Lipinski definition) is 5. The molecule has 6 nitrogen and oxygen atoms in total. The highest BCUT2D eigenvalue weighted by Crippen LogP contribution is 2.39. The number of nitrogens with one attached hydrogen (secondary N) is 2. The van der Waals surface area contributed by atoms with E-state index in [1.807, 2.05) is 25.1 Å². The Balaban J connectivity index is 1.69. The number of H-pyrrole nitrogens is 1. The predicted octanol–water partition coefficient (Wildman–Crippen LogP) is 4.62. The maximum absolute atomic E-state index is 13.0. The fourth-order valence-corrected chi connectivity index (χ4v) is 4.69. The average Bonchev–Trinajstić information content (AvgIpc) is 2.72. The van der Waals surface area contributed by atoms with Crippen molar-refractivity contribution in [2.24, 2.45) is 0 Å². The summed E-state index contributed by atoms with van der Waals surface area (Å²) in [7, 11) is 1.57. The van der Waals surface area contributed by atoms with Crippen molar-refractivity contribution in [2.45, 2.75) is 30.2 Å². The number of aryl methyl sites for hydroxylation is 1. The van der Waals surface area contributed by atoms with Crippen LogP contribution in [0.15, 0.2) is 56.9 Å². The van der Waals surface area contributed by atoms with Gasteiger partial charge in [0, 0.05) is 28.1 Å². The van der Waals surface area contributed by atoms with Gasteiger partial charge in [0.15, 0.2) is 5.16 Å². The topological polar surface area (TPSA) is 84.1 Å². The number of thioether (sulfide) groups is 1. The van der Waals surface area contributed by atoms with Crippen LogP contribution in [-0.4, -0.2) is 23.0 Å². The number of carbonyl (C=O) groups is 1. The van der Waals surface area contributed by atoms with E-state index in [9.17, 15) is 9.59 Å². The van der Waals surface area contributed by atoms with Crippen LogP contribution in [0.3, 0.4) is 0 Å². The Morgan fingerprint density at radius 1 is 1.20 bits per heavy atom. The van der Waals surface area contributed by atoms with Crippen molar-refractivity contribution in [3.63, 3.8) is 0 Å². The molecule has 0 fully saturated rings. The van der Waals surface area contributed by atoms with E-state index in [2.05, 4.69) is 55.5 Å². The largest absolute Gasteiger partial charge is 0.496 e. The minimum Gasteiger partial charge on any atom is -0.496 e. The number of fused-ring (bicyclic) bond motifs is 1. The van der Waals surface area contributed by atoms with Crippen molar-refractivity contribution in [2.75, 3.05) is 12.4 Å². The van der Waals surface area contributed by atoms with E-state index in [1.165, 1.54) is 17.3 Å². The van der Waals surface area contributed by atoms with Gasteiger partial charge in [-0.15, -0.1) is 0 Å². The minimum absolute atomic E-state index is 0.153. The summed E-state index contributed by atoms with van der Waals surface area (Å²) in [6.07, 6.45) is 0.153. The minimum atomic E-state index is -0.436. The molecule has 0 radical (unpaired) electrons. The normalized spacial score (nSPS) is 15.4. The summed E-state index contributed by atoms with van der Waals surface area (Å²) in [6, 6.07) is 13.8. The summed E-state index contributed by atoms with van der Waals surface area (Å²) in [6.45, 7) is 2.04. The molecule has 4 rings (SSSR count). The maximum atomic E-state index is 13.0. The summed E-state index contributed by atoms with van der Waals surface area (Å²) >= 11 is 4.89. The molecule has 1 amide bonds. The number of carbonyl (C=O) groups excluding carboxylic acids is 1. The lowest BCUT2D eigenvalue weighted by Crippen LogP contribution is -2.31. The van der Waals surface area contributed by atoms with E-state index in [1.54, 1.807) is 7.11 Å². The molecule has 0 bridgehead atoms. The van der Waals surface area contributed by atoms with Crippen LogP contribution in [0.1, 0.15) is 34.6 Å². The van der Waals surface area contributed by atoms with Gasteiger partial charge in [-0.2, -0.15) is 0 Å². The number of aromatic nitrogens is 2. The molecule has 1 aliphatic heterocycles. The van der Waals surface area contributed by atoms with E-state index in [4.69, 9.17) is 4.74 Å². The molecule has 1 atom stereocenters. The smallest absolute Gasteiger partial charge is 0.257 e. The number of benzene rings is 2. The van der Waals surface area contributed by atoms with Crippen molar-refractivity contribution in [3.05, 3.63) is 79.5 Å². The summed E-state index contributed by atoms with van der Waals surface area (Å²) in [4.78, 5) is 32.8. The number of aromatic amines is 1.